The summed E-state index contributed by atoms with van der Waals surface area (Å²) in [6.45, 7) is 1.46. The van der Waals surface area contributed by atoms with Gasteiger partial charge in [0.05, 0.1) is 11.0 Å². The lowest BCUT2D eigenvalue weighted by atomic mass is 9.93. The second kappa shape index (κ2) is 5.65. The fraction of sp³-hybridized carbons (Fsp3) is 0.389. The molecule has 1 aromatic carbocycles. The number of amides is 1. The van der Waals surface area contributed by atoms with Crippen LogP contribution in [0.25, 0.3) is 11.0 Å². The van der Waals surface area contributed by atoms with Crippen LogP contribution in [0.15, 0.2) is 36.4 Å². The Balaban J connectivity index is 1.76. The molecule has 1 amide bonds. The molecule has 4 rings (SSSR count). The van der Waals surface area contributed by atoms with E-state index in [9.17, 15) is 4.79 Å². The molecule has 0 N–H and O–H groups in total. The summed E-state index contributed by atoms with van der Waals surface area (Å²) in [5.41, 5.74) is 1.70. The Hall–Kier alpha value is -2.43. The molecule has 1 aliphatic carbocycles. The van der Waals surface area contributed by atoms with Crippen LogP contribution in [0, 0.1) is 5.92 Å². The van der Waals surface area contributed by atoms with Crippen LogP contribution in [-0.4, -0.2) is 36.0 Å². The third kappa shape index (κ3) is 2.46. The molecule has 0 saturated heterocycles. The Bertz CT molecular complexity index is 786. The summed E-state index contributed by atoms with van der Waals surface area (Å²) in [6.07, 6.45) is 7.03. The van der Waals surface area contributed by atoms with Crippen molar-refractivity contribution in [2.45, 2.75) is 19.3 Å². The SMILES string of the molecule is CN1CCN(C(=O)C2CC=CCC2)c2nc3ccccc3nc21. The van der Waals surface area contributed by atoms with E-state index in [4.69, 9.17) is 9.97 Å². The molecule has 0 spiro atoms. The lowest BCUT2D eigenvalue weighted by Crippen LogP contribution is -2.46. The van der Waals surface area contributed by atoms with E-state index in [0.29, 0.717) is 12.4 Å². The lowest BCUT2D eigenvalue weighted by Gasteiger charge is -2.35. The Morgan fingerprint density at radius 1 is 1.09 bits per heavy atom. The Kier molecular flexibility index (Phi) is 3.48. The van der Waals surface area contributed by atoms with Crippen LogP contribution in [0.5, 0.6) is 0 Å². The van der Waals surface area contributed by atoms with Gasteiger partial charge in [0.1, 0.15) is 0 Å². The van der Waals surface area contributed by atoms with Gasteiger partial charge in [-0.2, -0.15) is 0 Å². The average molecular weight is 308 g/mol. The van der Waals surface area contributed by atoms with E-state index in [2.05, 4.69) is 17.1 Å². The van der Waals surface area contributed by atoms with Crippen LogP contribution < -0.4 is 9.80 Å². The summed E-state index contributed by atoms with van der Waals surface area (Å²) < 4.78 is 0. The van der Waals surface area contributed by atoms with E-state index in [0.717, 1.165) is 42.7 Å². The minimum atomic E-state index is 0.0736. The number of carbonyl (C=O) groups excluding carboxylic acids is 1. The maximum Gasteiger partial charge on any atom is 0.231 e. The van der Waals surface area contributed by atoms with Crippen molar-refractivity contribution < 1.29 is 4.79 Å². The molecular formula is C18H20N4O. The van der Waals surface area contributed by atoms with Crippen molar-refractivity contribution in [2.24, 2.45) is 5.92 Å². The van der Waals surface area contributed by atoms with Gasteiger partial charge in [-0.15, -0.1) is 0 Å². The molecule has 1 aliphatic heterocycles. The zero-order chi connectivity index (χ0) is 15.8. The molecule has 0 radical (unpaired) electrons. The zero-order valence-corrected chi connectivity index (χ0v) is 13.3. The standard InChI is InChI=1S/C18H20N4O/c1-21-11-12-22(18(23)13-7-3-2-4-8-13)17-16(21)19-14-9-5-6-10-15(14)20-17/h2-3,5-6,9-10,13H,4,7-8,11-12H2,1H3. The van der Waals surface area contributed by atoms with E-state index in [1.807, 2.05) is 36.2 Å². The predicted molar refractivity (Wildman–Crippen MR) is 91.6 cm³/mol. The van der Waals surface area contributed by atoms with Crippen LogP contribution in [-0.2, 0) is 4.79 Å². The second-order valence-corrected chi connectivity index (χ2v) is 6.25. The number of likely N-dealkylation sites (N-methyl/N-ethyl adjacent to an activating group) is 1. The zero-order valence-electron chi connectivity index (χ0n) is 13.3. The number of para-hydroxylation sites is 2. The number of aromatic nitrogens is 2. The van der Waals surface area contributed by atoms with Gasteiger partial charge in [-0.05, 0) is 31.4 Å². The Morgan fingerprint density at radius 2 is 1.83 bits per heavy atom. The number of anilines is 2. The van der Waals surface area contributed by atoms with Crippen LogP contribution >= 0.6 is 0 Å². The molecule has 2 aliphatic rings. The smallest absolute Gasteiger partial charge is 0.231 e. The molecule has 0 saturated carbocycles. The second-order valence-electron chi connectivity index (χ2n) is 6.25. The van der Waals surface area contributed by atoms with Crippen molar-refractivity contribution >= 4 is 28.6 Å². The molecule has 1 atom stereocenters. The number of hydrogen-bond donors (Lipinski definition) is 0. The fourth-order valence-electron chi connectivity index (χ4n) is 3.33. The Labute approximate surface area is 135 Å². The minimum absolute atomic E-state index is 0.0736. The highest BCUT2D eigenvalue weighted by Gasteiger charge is 2.32. The molecule has 5 nitrogen and oxygen atoms in total. The molecule has 5 heteroatoms. The molecule has 2 heterocycles. The predicted octanol–water partition coefficient (Wildman–Crippen LogP) is 2.77. The van der Waals surface area contributed by atoms with Gasteiger partial charge in [-0.25, -0.2) is 9.97 Å². The highest BCUT2D eigenvalue weighted by atomic mass is 16.2. The molecule has 23 heavy (non-hydrogen) atoms. The van der Waals surface area contributed by atoms with Gasteiger partial charge in [-0.3, -0.25) is 9.69 Å². The maximum absolute atomic E-state index is 13.0. The van der Waals surface area contributed by atoms with Crippen molar-refractivity contribution in [3.63, 3.8) is 0 Å². The van der Waals surface area contributed by atoms with E-state index in [-0.39, 0.29) is 11.8 Å². The van der Waals surface area contributed by atoms with Gasteiger partial charge in [0, 0.05) is 26.1 Å². The largest absolute Gasteiger partial charge is 0.355 e. The van der Waals surface area contributed by atoms with E-state index < -0.39 is 0 Å². The molecule has 0 bridgehead atoms. The van der Waals surface area contributed by atoms with Gasteiger partial charge in [-0.1, -0.05) is 24.3 Å². The quantitative estimate of drug-likeness (QED) is 0.760. The van der Waals surface area contributed by atoms with Gasteiger partial charge in [0.15, 0.2) is 11.6 Å². The van der Waals surface area contributed by atoms with Crippen molar-refractivity contribution in [3.8, 4) is 0 Å². The number of benzene rings is 1. The van der Waals surface area contributed by atoms with Gasteiger partial charge >= 0.3 is 0 Å². The molecule has 1 aromatic heterocycles. The Morgan fingerprint density at radius 3 is 2.52 bits per heavy atom. The minimum Gasteiger partial charge on any atom is -0.355 e. The highest BCUT2D eigenvalue weighted by molar-refractivity contribution is 5.98. The van der Waals surface area contributed by atoms with Crippen molar-refractivity contribution in [3.05, 3.63) is 36.4 Å². The van der Waals surface area contributed by atoms with Gasteiger partial charge < -0.3 is 4.90 Å². The number of fused-ring (bicyclic) bond motifs is 2. The van der Waals surface area contributed by atoms with Crippen LogP contribution in [0.4, 0.5) is 11.6 Å². The normalized spacial score (nSPS) is 20.7. The summed E-state index contributed by atoms with van der Waals surface area (Å²) in [5.74, 6) is 1.77. The highest BCUT2D eigenvalue weighted by Crippen LogP contribution is 2.33. The van der Waals surface area contributed by atoms with Crippen LogP contribution in [0.3, 0.4) is 0 Å². The monoisotopic (exact) mass is 308 g/mol. The van der Waals surface area contributed by atoms with Crippen molar-refractivity contribution in [2.75, 3.05) is 29.9 Å². The summed E-state index contributed by atoms with van der Waals surface area (Å²) in [5, 5.41) is 0. The van der Waals surface area contributed by atoms with Crippen molar-refractivity contribution in [1.82, 2.24) is 9.97 Å². The number of carbonyl (C=O) groups is 1. The number of rotatable bonds is 1. The fourth-order valence-corrected chi connectivity index (χ4v) is 3.33. The van der Waals surface area contributed by atoms with E-state index in [1.54, 1.807) is 0 Å². The van der Waals surface area contributed by atoms with Crippen molar-refractivity contribution in [1.29, 1.82) is 0 Å². The first-order valence-corrected chi connectivity index (χ1v) is 8.18. The van der Waals surface area contributed by atoms with Gasteiger partial charge in [0.25, 0.3) is 0 Å². The summed E-state index contributed by atoms with van der Waals surface area (Å²) in [6, 6.07) is 7.82. The lowest BCUT2D eigenvalue weighted by molar-refractivity contribution is -0.122. The first-order valence-electron chi connectivity index (χ1n) is 8.18. The summed E-state index contributed by atoms with van der Waals surface area (Å²) in [7, 11) is 2.01. The third-order valence-corrected chi connectivity index (χ3v) is 4.70. The molecule has 118 valence electrons. The molecule has 2 aromatic rings. The molecule has 1 unspecified atom stereocenters. The number of hydrogen-bond acceptors (Lipinski definition) is 4. The first kappa shape index (κ1) is 14.2. The van der Waals surface area contributed by atoms with Crippen LogP contribution in [0.1, 0.15) is 19.3 Å². The maximum atomic E-state index is 13.0. The topological polar surface area (TPSA) is 49.3 Å². The summed E-state index contributed by atoms with van der Waals surface area (Å²) in [4.78, 5) is 26.4. The molecule has 0 fully saturated rings. The third-order valence-electron chi connectivity index (χ3n) is 4.70. The van der Waals surface area contributed by atoms with Crippen LogP contribution in [0.2, 0.25) is 0 Å². The number of nitrogens with zero attached hydrogens (tertiary/aromatic N) is 4. The summed E-state index contributed by atoms with van der Waals surface area (Å²) >= 11 is 0. The van der Waals surface area contributed by atoms with Gasteiger partial charge in [0.2, 0.25) is 5.91 Å². The van der Waals surface area contributed by atoms with E-state index in [1.165, 1.54) is 0 Å². The number of allylic oxidation sites excluding steroid dienone is 2. The van der Waals surface area contributed by atoms with E-state index >= 15 is 0 Å². The molecular weight excluding hydrogens is 288 g/mol. The first-order chi connectivity index (χ1) is 11.2. The average Bonchev–Trinajstić information content (AvgIpc) is 2.61.